The summed E-state index contributed by atoms with van der Waals surface area (Å²) in [6.07, 6.45) is 2.62. The first-order valence-corrected chi connectivity index (χ1v) is 9.92. The number of aryl methyl sites for hydroxylation is 1. The third-order valence-corrected chi connectivity index (χ3v) is 5.58. The predicted molar refractivity (Wildman–Crippen MR) is 115 cm³/mol. The molecule has 0 saturated heterocycles. The van der Waals surface area contributed by atoms with Gasteiger partial charge in [-0.2, -0.15) is 0 Å². The van der Waals surface area contributed by atoms with E-state index in [1.54, 1.807) is 31.9 Å². The molecule has 0 aliphatic heterocycles. The first-order valence-electron chi connectivity index (χ1n) is 9.04. The monoisotopic (exact) mass is 391 g/mol. The van der Waals surface area contributed by atoms with Crippen LogP contribution < -0.4 is 14.8 Å². The number of nitrogens with one attached hydrogen (secondary N) is 1. The lowest BCUT2D eigenvalue weighted by Crippen LogP contribution is -1.96. The van der Waals surface area contributed by atoms with Crippen LogP contribution in [0.15, 0.2) is 54.2 Å². The van der Waals surface area contributed by atoms with Crippen molar-refractivity contribution in [2.45, 2.75) is 13.3 Å². The van der Waals surface area contributed by atoms with Gasteiger partial charge in [0.05, 0.1) is 19.6 Å². The quantitative estimate of drug-likeness (QED) is 0.458. The fraction of sp³-hybridized carbons (Fsp3) is 0.182. The van der Waals surface area contributed by atoms with Crippen LogP contribution in [0.3, 0.4) is 0 Å². The Bertz CT molecular complexity index is 1110. The molecule has 5 nitrogen and oxygen atoms in total. The van der Waals surface area contributed by atoms with E-state index in [0.717, 1.165) is 39.3 Å². The zero-order chi connectivity index (χ0) is 19.5. The van der Waals surface area contributed by atoms with Crippen molar-refractivity contribution in [3.05, 3.63) is 59.7 Å². The van der Waals surface area contributed by atoms with Crippen molar-refractivity contribution >= 4 is 33.1 Å². The minimum absolute atomic E-state index is 0.695. The van der Waals surface area contributed by atoms with Gasteiger partial charge >= 0.3 is 0 Å². The van der Waals surface area contributed by atoms with E-state index >= 15 is 0 Å². The van der Waals surface area contributed by atoms with E-state index < -0.39 is 0 Å². The maximum absolute atomic E-state index is 5.47. The average molecular weight is 391 g/mol. The van der Waals surface area contributed by atoms with Crippen molar-refractivity contribution < 1.29 is 9.47 Å². The van der Waals surface area contributed by atoms with E-state index in [1.165, 1.54) is 5.56 Å². The molecule has 0 atom stereocenters. The lowest BCUT2D eigenvalue weighted by molar-refractivity contribution is 0.355. The molecule has 0 aliphatic carbocycles. The predicted octanol–water partition coefficient (Wildman–Crippen LogP) is 5.68. The molecule has 0 amide bonds. The Labute approximate surface area is 168 Å². The Balaban J connectivity index is 1.78. The number of fused-ring (bicyclic) bond motifs is 1. The van der Waals surface area contributed by atoms with Crippen molar-refractivity contribution in [3.63, 3.8) is 0 Å². The van der Waals surface area contributed by atoms with E-state index in [-0.39, 0.29) is 0 Å². The van der Waals surface area contributed by atoms with Gasteiger partial charge in [-0.25, -0.2) is 9.97 Å². The Morgan fingerprint density at radius 1 is 0.964 bits per heavy atom. The topological polar surface area (TPSA) is 56.3 Å². The third-order valence-electron chi connectivity index (χ3n) is 4.69. The van der Waals surface area contributed by atoms with E-state index in [1.807, 2.05) is 18.2 Å². The Hall–Kier alpha value is -3.12. The molecule has 6 heteroatoms. The van der Waals surface area contributed by atoms with Crippen LogP contribution in [0.25, 0.3) is 21.3 Å². The largest absolute Gasteiger partial charge is 0.493 e. The maximum Gasteiger partial charge on any atom is 0.161 e. The van der Waals surface area contributed by atoms with E-state index in [9.17, 15) is 0 Å². The number of aromatic nitrogens is 2. The molecule has 0 spiro atoms. The minimum Gasteiger partial charge on any atom is -0.493 e. The molecule has 1 N–H and O–H groups in total. The second kappa shape index (κ2) is 7.86. The van der Waals surface area contributed by atoms with Crippen LogP contribution in [0.1, 0.15) is 12.5 Å². The zero-order valence-corrected chi connectivity index (χ0v) is 16.8. The molecular weight excluding hydrogens is 370 g/mol. The van der Waals surface area contributed by atoms with Gasteiger partial charge in [-0.3, -0.25) is 0 Å². The van der Waals surface area contributed by atoms with Gasteiger partial charge in [0.25, 0.3) is 0 Å². The highest BCUT2D eigenvalue weighted by Crippen LogP contribution is 2.40. The van der Waals surface area contributed by atoms with E-state index in [4.69, 9.17) is 9.47 Å². The zero-order valence-electron chi connectivity index (χ0n) is 16.0. The van der Waals surface area contributed by atoms with Crippen molar-refractivity contribution in [1.82, 2.24) is 9.97 Å². The normalized spacial score (nSPS) is 10.8. The smallest absolute Gasteiger partial charge is 0.161 e. The van der Waals surface area contributed by atoms with Crippen LogP contribution in [-0.4, -0.2) is 24.2 Å². The van der Waals surface area contributed by atoms with Gasteiger partial charge in [0.15, 0.2) is 11.5 Å². The second-order valence-electron chi connectivity index (χ2n) is 6.30. The first-order chi connectivity index (χ1) is 13.7. The Morgan fingerprint density at radius 2 is 1.75 bits per heavy atom. The van der Waals surface area contributed by atoms with Gasteiger partial charge in [0.1, 0.15) is 17.0 Å². The second-order valence-corrected chi connectivity index (χ2v) is 7.16. The summed E-state index contributed by atoms with van der Waals surface area (Å²) < 4.78 is 10.8. The molecule has 0 unspecified atom stereocenters. The summed E-state index contributed by atoms with van der Waals surface area (Å²) in [7, 11) is 3.28. The van der Waals surface area contributed by atoms with Gasteiger partial charge in [-0.05, 0) is 41.8 Å². The van der Waals surface area contributed by atoms with Crippen molar-refractivity contribution in [2.24, 2.45) is 0 Å². The summed E-state index contributed by atoms with van der Waals surface area (Å²) >= 11 is 1.60. The van der Waals surface area contributed by atoms with Gasteiger partial charge in [0, 0.05) is 16.6 Å². The molecule has 0 aliphatic rings. The number of hydrogen-bond acceptors (Lipinski definition) is 6. The number of ether oxygens (including phenoxy) is 2. The molecule has 2 heterocycles. The van der Waals surface area contributed by atoms with Crippen LogP contribution >= 0.6 is 11.3 Å². The van der Waals surface area contributed by atoms with Crippen LogP contribution in [0.4, 0.5) is 11.5 Å². The van der Waals surface area contributed by atoms with Gasteiger partial charge in [-0.1, -0.05) is 25.1 Å². The Morgan fingerprint density at radius 3 is 2.46 bits per heavy atom. The highest BCUT2D eigenvalue weighted by molar-refractivity contribution is 7.17. The number of hydrogen-bond donors (Lipinski definition) is 1. The molecule has 4 aromatic rings. The summed E-state index contributed by atoms with van der Waals surface area (Å²) in [6, 6.07) is 14.3. The van der Waals surface area contributed by atoms with Crippen molar-refractivity contribution in [2.75, 3.05) is 19.5 Å². The third kappa shape index (κ3) is 3.39. The summed E-state index contributed by atoms with van der Waals surface area (Å²) in [5.41, 5.74) is 4.40. The van der Waals surface area contributed by atoms with E-state index in [2.05, 4.69) is 51.9 Å². The van der Waals surface area contributed by atoms with E-state index in [0.29, 0.717) is 11.5 Å². The summed E-state index contributed by atoms with van der Waals surface area (Å²) in [6.45, 7) is 2.15. The van der Waals surface area contributed by atoms with Gasteiger partial charge < -0.3 is 14.8 Å². The number of nitrogens with zero attached hydrogens (tertiary/aromatic N) is 2. The molecule has 0 fully saturated rings. The lowest BCUT2D eigenvalue weighted by atomic mass is 10.1. The van der Waals surface area contributed by atoms with Crippen LogP contribution in [0, 0.1) is 0 Å². The molecule has 142 valence electrons. The van der Waals surface area contributed by atoms with Crippen molar-refractivity contribution in [3.8, 4) is 22.6 Å². The standard InChI is InChI=1S/C22H21N3O2S/c1-4-14-5-8-16(9-6-14)25-21-20-17(12-28-22(20)24-13-23-21)15-7-10-18(26-2)19(11-15)27-3/h5-13H,4H2,1-3H3,(H,23,24,25). The molecule has 28 heavy (non-hydrogen) atoms. The number of methoxy groups -OCH3 is 2. The lowest BCUT2D eigenvalue weighted by Gasteiger charge is -2.11. The summed E-state index contributed by atoms with van der Waals surface area (Å²) in [4.78, 5) is 9.89. The van der Waals surface area contributed by atoms with Gasteiger partial charge in [-0.15, -0.1) is 11.3 Å². The number of benzene rings is 2. The highest BCUT2D eigenvalue weighted by Gasteiger charge is 2.15. The first kappa shape index (κ1) is 18.3. The minimum atomic E-state index is 0.695. The average Bonchev–Trinajstić information content (AvgIpc) is 3.19. The summed E-state index contributed by atoms with van der Waals surface area (Å²) in [5.74, 6) is 2.19. The van der Waals surface area contributed by atoms with Crippen LogP contribution in [0.2, 0.25) is 0 Å². The van der Waals surface area contributed by atoms with Crippen LogP contribution in [-0.2, 0) is 6.42 Å². The maximum atomic E-state index is 5.47. The highest BCUT2D eigenvalue weighted by atomic mass is 32.1. The number of thiophene rings is 1. The molecule has 2 aromatic carbocycles. The molecule has 0 radical (unpaired) electrons. The number of anilines is 2. The van der Waals surface area contributed by atoms with Gasteiger partial charge in [0.2, 0.25) is 0 Å². The summed E-state index contributed by atoms with van der Waals surface area (Å²) in [5, 5.41) is 6.55. The van der Waals surface area contributed by atoms with Crippen LogP contribution in [0.5, 0.6) is 11.5 Å². The van der Waals surface area contributed by atoms with Crippen molar-refractivity contribution in [1.29, 1.82) is 0 Å². The molecule has 2 aromatic heterocycles. The SMILES string of the molecule is CCc1ccc(Nc2ncnc3scc(-c4ccc(OC)c(OC)c4)c23)cc1. The molecule has 4 rings (SSSR count). The fourth-order valence-electron chi connectivity index (χ4n) is 3.15. The molecule has 0 bridgehead atoms. The Kier molecular flexibility index (Phi) is 5.12. The molecular formula is C22H21N3O2S. The fourth-order valence-corrected chi connectivity index (χ4v) is 4.06. The molecule has 0 saturated carbocycles. The number of rotatable bonds is 6.